The van der Waals surface area contributed by atoms with E-state index in [0.29, 0.717) is 23.1 Å². The highest BCUT2D eigenvalue weighted by Crippen LogP contribution is 2.26. The number of aryl methyl sites for hydroxylation is 2. The number of hydrogen-bond donors (Lipinski definition) is 0. The van der Waals surface area contributed by atoms with E-state index in [1.54, 1.807) is 10.5 Å². The molecular weight excluding hydrogens is 426 g/mol. The Labute approximate surface area is 198 Å². The van der Waals surface area contributed by atoms with Gasteiger partial charge in [-0.15, -0.1) is 0 Å². The van der Waals surface area contributed by atoms with Gasteiger partial charge in [0.05, 0.1) is 34.5 Å². The predicted molar refractivity (Wildman–Crippen MR) is 134 cm³/mol. The smallest absolute Gasteiger partial charge is 0.258 e. The van der Waals surface area contributed by atoms with Gasteiger partial charge < -0.3 is 9.80 Å². The van der Waals surface area contributed by atoms with Crippen molar-refractivity contribution in [3.8, 4) is 11.4 Å². The Hall–Kier alpha value is -3.26. The molecule has 0 N–H and O–H groups in total. The fourth-order valence-electron chi connectivity index (χ4n) is 5.58. The lowest BCUT2D eigenvalue weighted by atomic mass is 10.0. The molecule has 0 bridgehead atoms. The first-order valence-electron chi connectivity index (χ1n) is 12.5. The van der Waals surface area contributed by atoms with Gasteiger partial charge in [-0.1, -0.05) is 6.92 Å². The van der Waals surface area contributed by atoms with Crippen LogP contribution in [0.15, 0.2) is 41.5 Å². The number of fused-ring (bicyclic) bond motifs is 2. The highest BCUT2D eigenvalue weighted by atomic mass is 16.1. The molecule has 2 fully saturated rings. The van der Waals surface area contributed by atoms with E-state index in [2.05, 4.69) is 32.9 Å². The number of rotatable bonds is 4. The molecule has 0 aromatic carbocycles. The number of pyridine rings is 1. The average molecular weight is 458 g/mol. The minimum Gasteiger partial charge on any atom is -0.370 e. The average Bonchev–Trinajstić information content (AvgIpc) is 3.54. The molecule has 6 heterocycles. The van der Waals surface area contributed by atoms with E-state index in [0.717, 1.165) is 42.1 Å². The Morgan fingerprint density at radius 3 is 2.53 bits per heavy atom. The quantitative estimate of drug-likeness (QED) is 0.468. The standard InChI is InChI=1S/C26H31N7O/c1-3-21-24-14-23(29-33(24)16-18(2)27-21)22-15-26(34)32-17-20(6-7-25(32)28-22)31-12-8-19(9-13-31)30-10-4-5-11-30/h6-7,14-17,19H,3-5,8-13H2,1-2H3. The molecule has 0 amide bonds. The number of piperidine rings is 1. The van der Waals surface area contributed by atoms with Crippen LogP contribution in [-0.4, -0.2) is 61.1 Å². The third kappa shape index (κ3) is 3.76. The van der Waals surface area contributed by atoms with Gasteiger partial charge in [-0.2, -0.15) is 5.10 Å². The summed E-state index contributed by atoms with van der Waals surface area (Å²) in [5, 5.41) is 4.68. The van der Waals surface area contributed by atoms with Crippen molar-refractivity contribution in [2.24, 2.45) is 0 Å². The van der Waals surface area contributed by atoms with Crippen LogP contribution in [0.5, 0.6) is 0 Å². The van der Waals surface area contributed by atoms with Crippen LogP contribution in [0, 0.1) is 6.92 Å². The highest BCUT2D eigenvalue weighted by molar-refractivity contribution is 5.66. The highest BCUT2D eigenvalue weighted by Gasteiger charge is 2.26. The van der Waals surface area contributed by atoms with Crippen LogP contribution < -0.4 is 10.5 Å². The first kappa shape index (κ1) is 21.3. The molecular formula is C26H31N7O. The molecule has 2 saturated heterocycles. The fraction of sp³-hybridized carbons (Fsp3) is 0.462. The Morgan fingerprint density at radius 2 is 1.76 bits per heavy atom. The summed E-state index contributed by atoms with van der Waals surface area (Å²) in [5.41, 5.74) is 5.79. The Morgan fingerprint density at radius 1 is 0.971 bits per heavy atom. The summed E-state index contributed by atoms with van der Waals surface area (Å²) in [5.74, 6) is 0. The summed E-state index contributed by atoms with van der Waals surface area (Å²) in [6.45, 7) is 8.62. The molecule has 4 aromatic heterocycles. The van der Waals surface area contributed by atoms with Gasteiger partial charge in [0, 0.05) is 31.4 Å². The summed E-state index contributed by atoms with van der Waals surface area (Å²) in [4.78, 5) is 27.5. The van der Waals surface area contributed by atoms with E-state index in [9.17, 15) is 4.79 Å². The molecule has 176 valence electrons. The van der Waals surface area contributed by atoms with E-state index in [1.807, 2.05) is 36.0 Å². The van der Waals surface area contributed by atoms with Crippen LogP contribution in [0.1, 0.15) is 44.0 Å². The van der Waals surface area contributed by atoms with E-state index >= 15 is 0 Å². The Bertz CT molecular complexity index is 1410. The zero-order valence-electron chi connectivity index (χ0n) is 19.9. The topological polar surface area (TPSA) is 71.0 Å². The van der Waals surface area contributed by atoms with Crippen LogP contribution in [0.4, 0.5) is 5.69 Å². The lowest BCUT2D eigenvalue weighted by Gasteiger charge is -2.37. The van der Waals surface area contributed by atoms with Gasteiger partial charge in [0.2, 0.25) is 0 Å². The molecule has 0 aliphatic carbocycles. The maximum Gasteiger partial charge on any atom is 0.258 e. The van der Waals surface area contributed by atoms with Gasteiger partial charge in [-0.25, -0.2) is 9.50 Å². The van der Waals surface area contributed by atoms with Gasteiger partial charge in [0.25, 0.3) is 5.56 Å². The third-order valence-electron chi connectivity index (χ3n) is 7.38. The summed E-state index contributed by atoms with van der Waals surface area (Å²) in [6.07, 6.45) is 9.73. The normalized spacial score (nSPS) is 17.9. The fourth-order valence-corrected chi connectivity index (χ4v) is 5.58. The lowest BCUT2D eigenvalue weighted by molar-refractivity contribution is 0.208. The monoisotopic (exact) mass is 457 g/mol. The summed E-state index contributed by atoms with van der Waals surface area (Å²) >= 11 is 0. The molecule has 0 spiro atoms. The minimum atomic E-state index is -0.0871. The Balaban J connectivity index is 1.28. The molecule has 0 saturated carbocycles. The van der Waals surface area contributed by atoms with E-state index in [1.165, 1.54) is 38.8 Å². The summed E-state index contributed by atoms with van der Waals surface area (Å²) < 4.78 is 3.50. The van der Waals surface area contributed by atoms with Crippen LogP contribution in [0.3, 0.4) is 0 Å². The van der Waals surface area contributed by atoms with Crippen molar-refractivity contribution < 1.29 is 0 Å². The Kier molecular flexibility index (Phi) is 5.32. The largest absolute Gasteiger partial charge is 0.370 e. The number of anilines is 1. The molecule has 8 heteroatoms. The van der Waals surface area contributed by atoms with Crippen molar-refractivity contribution in [2.45, 2.75) is 52.0 Å². The molecule has 2 aliphatic rings. The number of hydrogen-bond acceptors (Lipinski definition) is 6. The van der Waals surface area contributed by atoms with Crippen LogP contribution in [0.25, 0.3) is 22.6 Å². The molecule has 0 radical (unpaired) electrons. The third-order valence-corrected chi connectivity index (χ3v) is 7.38. The van der Waals surface area contributed by atoms with Crippen molar-refractivity contribution in [3.05, 3.63) is 58.4 Å². The van der Waals surface area contributed by atoms with Crippen LogP contribution in [0.2, 0.25) is 0 Å². The predicted octanol–water partition coefficient (Wildman–Crippen LogP) is 3.34. The van der Waals surface area contributed by atoms with Crippen LogP contribution >= 0.6 is 0 Å². The van der Waals surface area contributed by atoms with Gasteiger partial charge in [-0.05, 0) is 70.3 Å². The first-order valence-corrected chi connectivity index (χ1v) is 12.5. The maximum absolute atomic E-state index is 13.1. The molecule has 4 aromatic rings. The molecule has 8 nitrogen and oxygen atoms in total. The zero-order chi connectivity index (χ0) is 23.2. The first-order chi connectivity index (χ1) is 16.6. The SMILES string of the molecule is CCc1nc(C)cn2nc(-c3cc(=O)n4cc(N5CCC(N6CCCC6)CC5)ccc4n3)cc12. The van der Waals surface area contributed by atoms with Gasteiger partial charge in [0.1, 0.15) is 11.3 Å². The van der Waals surface area contributed by atoms with Crippen LogP contribution in [-0.2, 0) is 6.42 Å². The number of nitrogens with zero attached hydrogens (tertiary/aromatic N) is 7. The minimum absolute atomic E-state index is 0.0871. The van der Waals surface area contributed by atoms with E-state index < -0.39 is 0 Å². The number of aromatic nitrogens is 5. The lowest BCUT2D eigenvalue weighted by Crippen LogP contribution is -2.44. The van der Waals surface area contributed by atoms with Gasteiger partial charge >= 0.3 is 0 Å². The second kappa shape index (κ2) is 8.51. The van der Waals surface area contributed by atoms with Crippen molar-refractivity contribution in [1.82, 2.24) is 28.9 Å². The second-order valence-electron chi connectivity index (χ2n) is 9.60. The van der Waals surface area contributed by atoms with E-state index in [-0.39, 0.29) is 5.56 Å². The van der Waals surface area contributed by atoms with Gasteiger partial charge in [-0.3, -0.25) is 14.2 Å². The maximum atomic E-state index is 13.1. The van der Waals surface area contributed by atoms with Crippen molar-refractivity contribution in [3.63, 3.8) is 0 Å². The molecule has 6 rings (SSSR count). The van der Waals surface area contributed by atoms with Gasteiger partial charge in [0.15, 0.2) is 0 Å². The second-order valence-corrected chi connectivity index (χ2v) is 9.60. The molecule has 2 aliphatic heterocycles. The molecule has 34 heavy (non-hydrogen) atoms. The molecule has 0 unspecified atom stereocenters. The van der Waals surface area contributed by atoms with E-state index in [4.69, 9.17) is 4.98 Å². The number of likely N-dealkylation sites (tertiary alicyclic amines) is 1. The van der Waals surface area contributed by atoms with Crippen molar-refractivity contribution >= 4 is 16.9 Å². The summed E-state index contributed by atoms with van der Waals surface area (Å²) in [6, 6.07) is 8.32. The van der Waals surface area contributed by atoms with Crippen molar-refractivity contribution in [2.75, 3.05) is 31.1 Å². The summed E-state index contributed by atoms with van der Waals surface area (Å²) in [7, 11) is 0. The van der Waals surface area contributed by atoms with Crippen molar-refractivity contribution in [1.29, 1.82) is 0 Å². The zero-order valence-corrected chi connectivity index (χ0v) is 19.9. The molecule has 0 atom stereocenters.